The van der Waals surface area contributed by atoms with E-state index in [1.165, 1.54) is 12.8 Å². The van der Waals surface area contributed by atoms with E-state index in [0.717, 1.165) is 58.0 Å². The summed E-state index contributed by atoms with van der Waals surface area (Å²) in [7, 11) is 1.98. The number of fused-ring (bicyclic) bond motifs is 1. The van der Waals surface area contributed by atoms with Crippen LogP contribution in [0.1, 0.15) is 43.7 Å². The highest BCUT2D eigenvalue weighted by molar-refractivity contribution is 7.80. The van der Waals surface area contributed by atoms with E-state index in [4.69, 9.17) is 9.47 Å². The molecule has 1 aliphatic carbocycles. The van der Waals surface area contributed by atoms with Crippen LogP contribution in [0.5, 0.6) is 11.5 Å². The lowest BCUT2D eigenvalue weighted by atomic mass is 9.87. The van der Waals surface area contributed by atoms with Crippen molar-refractivity contribution < 1.29 is 25.2 Å². The molecule has 1 heterocycles. The zero-order chi connectivity index (χ0) is 24.0. The molecule has 36 heavy (non-hydrogen) atoms. The van der Waals surface area contributed by atoms with Crippen molar-refractivity contribution in [2.45, 2.75) is 49.3 Å². The Morgan fingerprint density at radius 2 is 1.67 bits per heavy atom. The topological polar surface area (TPSA) is 111 Å². The summed E-state index contributed by atoms with van der Waals surface area (Å²) in [4.78, 5) is 14.1. The van der Waals surface area contributed by atoms with Gasteiger partial charge in [-0.05, 0) is 79.4 Å². The molecule has 0 atom stereocenters. The van der Waals surface area contributed by atoms with Gasteiger partial charge in [0.15, 0.2) is 11.5 Å². The van der Waals surface area contributed by atoms with Crippen molar-refractivity contribution in [3.05, 3.63) is 77.9 Å². The second-order valence-electron chi connectivity index (χ2n) is 8.95. The summed E-state index contributed by atoms with van der Waals surface area (Å²) in [6.07, 6.45) is 4.83. The normalized spacial score (nSPS) is 14.0. The fourth-order valence-corrected chi connectivity index (χ4v) is 4.42. The lowest BCUT2D eigenvalue weighted by Gasteiger charge is -2.15. The summed E-state index contributed by atoms with van der Waals surface area (Å²) >= 11 is 4.35. The maximum atomic E-state index is 13.2. The Morgan fingerprint density at radius 1 is 0.944 bits per heavy atom. The minimum Gasteiger partial charge on any atom is -0.454 e. The van der Waals surface area contributed by atoms with E-state index in [1.54, 1.807) is 0 Å². The minimum atomic E-state index is -0.370. The van der Waals surface area contributed by atoms with Crippen molar-refractivity contribution in [2.24, 2.45) is 0 Å². The molecule has 0 radical (unpaired) electrons. The van der Waals surface area contributed by atoms with Crippen LogP contribution in [-0.4, -0.2) is 37.1 Å². The Kier molecular flexibility index (Phi) is 11.0. The molecule has 3 aromatic carbocycles. The fraction of sp³-hybridized carbons (Fsp3) is 0.345. The van der Waals surface area contributed by atoms with Crippen LogP contribution < -0.4 is 14.8 Å². The van der Waals surface area contributed by atoms with Crippen LogP contribution in [0.25, 0.3) is 11.1 Å². The highest BCUT2D eigenvalue weighted by Gasteiger charge is 2.50. The van der Waals surface area contributed by atoms with Crippen molar-refractivity contribution in [1.82, 2.24) is 5.32 Å². The van der Waals surface area contributed by atoms with Gasteiger partial charge in [0.1, 0.15) is 5.78 Å². The number of carbonyl (C=O) groups excluding carboxylic acids is 1. The Labute approximate surface area is 219 Å². The van der Waals surface area contributed by atoms with Crippen molar-refractivity contribution >= 4 is 18.4 Å². The molecule has 0 saturated heterocycles. The molecular formula is C29H37NO5S. The maximum Gasteiger partial charge on any atom is 0.231 e. The smallest absolute Gasteiger partial charge is 0.231 e. The summed E-state index contributed by atoms with van der Waals surface area (Å²) in [6, 6.07) is 22.2. The van der Waals surface area contributed by atoms with E-state index < -0.39 is 0 Å². The van der Waals surface area contributed by atoms with Gasteiger partial charge in [0.2, 0.25) is 6.79 Å². The zero-order valence-corrected chi connectivity index (χ0v) is 21.9. The average Bonchev–Trinajstić information content (AvgIpc) is 3.54. The maximum absolute atomic E-state index is 13.2. The number of rotatable bonds is 8. The number of hydrogen-bond acceptors (Lipinski definition) is 5. The first-order chi connectivity index (χ1) is 16.6. The van der Waals surface area contributed by atoms with E-state index in [2.05, 4.69) is 49.1 Å². The molecule has 3 aromatic rings. The highest BCUT2D eigenvalue weighted by Crippen LogP contribution is 2.51. The molecular weight excluding hydrogens is 474 g/mol. The second kappa shape index (κ2) is 13.5. The lowest BCUT2D eigenvalue weighted by molar-refractivity contribution is -0.120. The van der Waals surface area contributed by atoms with Crippen LogP contribution in [0.15, 0.2) is 71.6 Å². The molecule has 0 bridgehead atoms. The molecule has 0 spiro atoms. The van der Waals surface area contributed by atoms with Gasteiger partial charge in [-0.15, -0.1) is 12.6 Å². The zero-order valence-electron chi connectivity index (χ0n) is 21.0. The number of benzene rings is 3. The Bertz CT molecular complexity index is 1120. The number of unbranched alkanes of at least 4 members (excludes halogenated alkanes) is 1. The predicted octanol–water partition coefficient (Wildman–Crippen LogP) is 4.57. The van der Waals surface area contributed by atoms with Crippen LogP contribution in [-0.2, 0) is 16.6 Å². The van der Waals surface area contributed by atoms with Gasteiger partial charge in [-0.2, -0.15) is 0 Å². The number of nitrogens with one attached hydrogen (secondary N) is 1. The van der Waals surface area contributed by atoms with Gasteiger partial charge >= 0.3 is 0 Å². The number of hydrogen-bond donors (Lipinski definition) is 2. The van der Waals surface area contributed by atoms with E-state index in [0.29, 0.717) is 6.42 Å². The molecule has 0 aromatic heterocycles. The third kappa shape index (κ3) is 6.89. The number of ether oxygens (including phenoxy) is 2. The number of thiol groups is 1. The van der Waals surface area contributed by atoms with E-state index in [1.807, 2.05) is 49.5 Å². The van der Waals surface area contributed by atoms with Gasteiger partial charge in [0.05, 0.1) is 5.41 Å². The molecule has 1 fully saturated rings. The largest absolute Gasteiger partial charge is 0.454 e. The van der Waals surface area contributed by atoms with Gasteiger partial charge in [-0.25, -0.2) is 0 Å². The van der Waals surface area contributed by atoms with Crippen LogP contribution in [0.2, 0.25) is 0 Å². The molecule has 7 heteroatoms. The first-order valence-electron chi connectivity index (χ1n) is 12.0. The SMILES string of the molecule is CCCCNC.O.O.O=C(Cc1cccc(-c2ccc(S)cc2)c1)C1(c2ccc3c(c2)OCO3)CC1. The molecule has 1 aliphatic heterocycles. The lowest BCUT2D eigenvalue weighted by Crippen LogP contribution is -2.22. The quantitative estimate of drug-likeness (QED) is 0.341. The molecule has 194 valence electrons. The number of ketones is 1. The van der Waals surface area contributed by atoms with Crippen LogP contribution >= 0.6 is 12.6 Å². The fourth-order valence-electron chi connectivity index (χ4n) is 4.27. The summed E-state index contributed by atoms with van der Waals surface area (Å²) < 4.78 is 10.9. The highest BCUT2D eigenvalue weighted by atomic mass is 32.1. The predicted molar refractivity (Wildman–Crippen MR) is 147 cm³/mol. The Hall–Kier alpha value is -2.84. The van der Waals surface area contributed by atoms with Crippen molar-refractivity contribution in [3.8, 4) is 22.6 Å². The Morgan fingerprint density at radius 3 is 2.31 bits per heavy atom. The second-order valence-corrected chi connectivity index (χ2v) is 9.47. The standard InChI is InChI=1S/C24H20O3S.C5H13N.2H2O/c25-23(24(10-11-24)19-6-9-21-22(14-19)27-15-26-21)13-16-2-1-3-18(12-16)17-4-7-20(28)8-5-17;1-3-4-5-6-2;;/h1-9,12,14,28H,10-11,13,15H2;6H,3-5H2,1-2H3;2*1H2. The molecule has 0 unspecified atom stereocenters. The van der Waals surface area contributed by atoms with E-state index >= 15 is 0 Å². The van der Waals surface area contributed by atoms with E-state index in [9.17, 15) is 4.79 Å². The van der Waals surface area contributed by atoms with Crippen molar-refractivity contribution in [2.75, 3.05) is 20.4 Å². The molecule has 2 aliphatic rings. The average molecular weight is 512 g/mol. The number of Topliss-reactive ketones (excluding diaryl/α,β-unsaturated/α-hetero) is 1. The molecule has 0 amide bonds. The van der Waals surface area contributed by atoms with Crippen LogP contribution in [0, 0.1) is 0 Å². The van der Waals surface area contributed by atoms with Gasteiger partial charge in [-0.1, -0.05) is 55.8 Å². The molecule has 5 rings (SSSR count). The first kappa shape index (κ1) is 29.4. The van der Waals surface area contributed by atoms with Gasteiger partial charge < -0.3 is 25.7 Å². The molecule has 5 N–H and O–H groups in total. The first-order valence-corrected chi connectivity index (χ1v) is 12.5. The third-order valence-electron chi connectivity index (χ3n) is 6.48. The van der Waals surface area contributed by atoms with Crippen molar-refractivity contribution in [3.63, 3.8) is 0 Å². The van der Waals surface area contributed by atoms with Gasteiger partial charge in [0, 0.05) is 11.3 Å². The van der Waals surface area contributed by atoms with E-state index in [-0.39, 0.29) is 28.9 Å². The monoisotopic (exact) mass is 511 g/mol. The summed E-state index contributed by atoms with van der Waals surface area (Å²) in [6.45, 7) is 3.61. The third-order valence-corrected chi connectivity index (χ3v) is 6.78. The summed E-state index contributed by atoms with van der Waals surface area (Å²) in [5.74, 6) is 1.77. The number of carbonyl (C=O) groups is 1. The summed E-state index contributed by atoms with van der Waals surface area (Å²) in [5.41, 5.74) is 3.97. The molecule has 1 saturated carbocycles. The Balaban J connectivity index is 0.000000514. The van der Waals surface area contributed by atoms with Crippen LogP contribution in [0.4, 0.5) is 0 Å². The summed E-state index contributed by atoms with van der Waals surface area (Å²) in [5, 5.41) is 3.07. The van der Waals surface area contributed by atoms with Crippen LogP contribution in [0.3, 0.4) is 0 Å². The van der Waals surface area contributed by atoms with Gasteiger partial charge in [0.25, 0.3) is 0 Å². The van der Waals surface area contributed by atoms with Gasteiger partial charge in [-0.3, -0.25) is 4.79 Å². The minimum absolute atomic E-state index is 0. The van der Waals surface area contributed by atoms with Crippen molar-refractivity contribution in [1.29, 1.82) is 0 Å². The molecule has 6 nitrogen and oxygen atoms in total.